The van der Waals surface area contributed by atoms with Gasteiger partial charge in [-0.1, -0.05) is 0 Å². The van der Waals surface area contributed by atoms with Crippen LogP contribution in [0.25, 0.3) is 0 Å². The third kappa shape index (κ3) is 4.18. The van der Waals surface area contributed by atoms with E-state index in [1.807, 2.05) is 14.0 Å². The summed E-state index contributed by atoms with van der Waals surface area (Å²) in [6, 6.07) is 0. The molecule has 15 heavy (non-hydrogen) atoms. The molecule has 0 atom stereocenters. The number of carbonyl (C=O) groups is 1. The average Bonchev–Trinajstić information content (AvgIpc) is 2.27. The second-order valence-corrected chi connectivity index (χ2v) is 3.97. The molecule has 0 bridgehead atoms. The number of hydrogen-bond acceptors (Lipinski definition) is 4. The van der Waals surface area contributed by atoms with Crippen molar-refractivity contribution in [1.82, 2.24) is 10.2 Å². The van der Waals surface area contributed by atoms with E-state index in [0.717, 1.165) is 39.0 Å². The largest absolute Gasteiger partial charge is 0.466 e. The molecular formula is C11H22N2O2. The molecule has 0 saturated carbocycles. The lowest BCUT2D eigenvalue weighted by molar-refractivity contribution is -0.149. The first-order valence-electron chi connectivity index (χ1n) is 5.81. The van der Waals surface area contributed by atoms with Gasteiger partial charge in [0.05, 0.1) is 12.5 Å². The second kappa shape index (κ2) is 6.80. The third-order valence-corrected chi connectivity index (χ3v) is 2.89. The molecule has 0 spiro atoms. The Labute approximate surface area is 92.0 Å². The molecule has 0 unspecified atom stereocenters. The normalized spacial score (nSPS) is 19.1. The Hall–Kier alpha value is -0.610. The number of esters is 1. The minimum absolute atomic E-state index is 0.00855. The molecule has 4 heteroatoms. The van der Waals surface area contributed by atoms with Crippen LogP contribution in [0.3, 0.4) is 0 Å². The van der Waals surface area contributed by atoms with Crippen LogP contribution in [-0.2, 0) is 9.53 Å². The standard InChI is InChI=1S/C11H22N2O2/c1-3-15-11(14)10-4-7-13(8-5-10)9-6-12-2/h10,12H,3-9H2,1-2H3. The Morgan fingerprint density at radius 1 is 1.47 bits per heavy atom. The van der Waals surface area contributed by atoms with Crippen LogP contribution in [0.5, 0.6) is 0 Å². The number of likely N-dealkylation sites (N-methyl/N-ethyl adjacent to an activating group) is 1. The van der Waals surface area contributed by atoms with E-state index < -0.39 is 0 Å². The molecule has 1 aliphatic rings. The number of piperidine rings is 1. The lowest BCUT2D eigenvalue weighted by Crippen LogP contribution is -2.39. The first kappa shape index (κ1) is 12.5. The van der Waals surface area contributed by atoms with E-state index in [1.54, 1.807) is 0 Å². The van der Waals surface area contributed by atoms with Gasteiger partial charge in [-0.3, -0.25) is 4.79 Å². The minimum atomic E-state index is -0.00855. The first-order chi connectivity index (χ1) is 7.27. The van der Waals surface area contributed by atoms with Gasteiger partial charge in [-0.15, -0.1) is 0 Å². The van der Waals surface area contributed by atoms with E-state index in [1.165, 1.54) is 0 Å². The molecule has 1 heterocycles. The molecule has 0 aromatic rings. The molecule has 1 saturated heterocycles. The highest BCUT2D eigenvalue weighted by molar-refractivity contribution is 5.72. The number of carbonyl (C=O) groups excluding carboxylic acids is 1. The van der Waals surface area contributed by atoms with Crippen LogP contribution in [0.1, 0.15) is 19.8 Å². The molecule has 1 fully saturated rings. The van der Waals surface area contributed by atoms with Crippen molar-refractivity contribution in [2.75, 3.05) is 39.8 Å². The number of likely N-dealkylation sites (tertiary alicyclic amines) is 1. The summed E-state index contributed by atoms with van der Waals surface area (Å²) >= 11 is 0. The smallest absolute Gasteiger partial charge is 0.309 e. The van der Waals surface area contributed by atoms with Gasteiger partial charge >= 0.3 is 5.97 Å². The summed E-state index contributed by atoms with van der Waals surface area (Å²) in [7, 11) is 1.96. The van der Waals surface area contributed by atoms with Gasteiger partial charge in [-0.2, -0.15) is 0 Å². The van der Waals surface area contributed by atoms with Gasteiger partial charge in [0.15, 0.2) is 0 Å². The molecule has 1 rings (SSSR count). The zero-order chi connectivity index (χ0) is 11.1. The van der Waals surface area contributed by atoms with E-state index in [2.05, 4.69) is 10.2 Å². The average molecular weight is 214 g/mol. The van der Waals surface area contributed by atoms with E-state index in [4.69, 9.17) is 4.74 Å². The van der Waals surface area contributed by atoms with Gasteiger partial charge in [0.2, 0.25) is 0 Å². The van der Waals surface area contributed by atoms with Crippen LogP contribution in [0, 0.1) is 5.92 Å². The van der Waals surface area contributed by atoms with Gasteiger partial charge in [0.1, 0.15) is 0 Å². The summed E-state index contributed by atoms with van der Waals surface area (Å²) in [5.74, 6) is 0.126. The molecule has 0 aliphatic carbocycles. The fraction of sp³-hybridized carbons (Fsp3) is 0.909. The Balaban J connectivity index is 2.20. The molecule has 88 valence electrons. The Morgan fingerprint density at radius 2 is 2.13 bits per heavy atom. The zero-order valence-electron chi connectivity index (χ0n) is 9.79. The molecular weight excluding hydrogens is 192 g/mol. The predicted molar refractivity (Wildman–Crippen MR) is 59.7 cm³/mol. The summed E-state index contributed by atoms with van der Waals surface area (Å²) < 4.78 is 5.03. The lowest BCUT2D eigenvalue weighted by atomic mass is 9.97. The fourth-order valence-corrected chi connectivity index (χ4v) is 1.92. The first-order valence-corrected chi connectivity index (χ1v) is 5.81. The van der Waals surface area contributed by atoms with Crippen molar-refractivity contribution in [3.63, 3.8) is 0 Å². The van der Waals surface area contributed by atoms with Crippen LogP contribution in [-0.4, -0.2) is 50.7 Å². The zero-order valence-corrected chi connectivity index (χ0v) is 9.79. The maximum absolute atomic E-state index is 11.5. The number of nitrogens with one attached hydrogen (secondary N) is 1. The Bertz CT molecular complexity index is 189. The van der Waals surface area contributed by atoms with Crippen molar-refractivity contribution in [1.29, 1.82) is 0 Å². The van der Waals surface area contributed by atoms with Gasteiger partial charge in [0, 0.05) is 13.1 Å². The van der Waals surface area contributed by atoms with Gasteiger partial charge in [-0.05, 0) is 39.9 Å². The molecule has 0 amide bonds. The van der Waals surface area contributed by atoms with Gasteiger partial charge in [0.25, 0.3) is 0 Å². The second-order valence-electron chi connectivity index (χ2n) is 3.97. The van der Waals surface area contributed by atoms with E-state index in [0.29, 0.717) is 6.61 Å². The van der Waals surface area contributed by atoms with Crippen molar-refractivity contribution in [2.45, 2.75) is 19.8 Å². The molecule has 1 aliphatic heterocycles. The highest BCUT2D eigenvalue weighted by Gasteiger charge is 2.25. The summed E-state index contributed by atoms with van der Waals surface area (Å²) in [5.41, 5.74) is 0. The van der Waals surface area contributed by atoms with Crippen LogP contribution in [0.2, 0.25) is 0 Å². The van der Waals surface area contributed by atoms with Crippen molar-refractivity contribution >= 4 is 5.97 Å². The van der Waals surface area contributed by atoms with E-state index in [9.17, 15) is 4.79 Å². The van der Waals surface area contributed by atoms with Crippen LogP contribution in [0.15, 0.2) is 0 Å². The summed E-state index contributed by atoms with van der Waals surface area (Å²) in [4.78, 5) is 13.9. The van der Waals surface area contributed by atoms with E-state index in [-0.39, 0.29) is 11.9 Å². The Morgan fingerprint density at radius 3 is 2.67 bits per heavy atom. The molecule has 1 N–H and O–H groups in total. The number of nitrogens with zero attached hydrogens (tertiary/aromatic N) is 1. The molecule has 0 aromatic heterocycles. The summed E-state index contributed by atoms with van der Waals surface area (Å²) in [5, 5.41) is 3.14. The molecule has 4 nitrogen and oxygen atoms in total. The van der Waals surface area contributed by atoms with Gasteiger partial charge < -0.3 is 15.0 Å². The highest BCUT2D eigenvalue weighted by Crippen LogP contribution is 2.18. The minimum Gasteiger partial charge on any atom is -0.466 e. The van der Waals surface area contributed by atoms with Crippen LogP contribution in [0.4, 0.5) is 0 Å². The molecule has 0 aromatic carbocycles. The Kier molecular flexibility index (Phi) is 5.65. The quantitative estimate of drug-likeness (QED) is 0.676. The van der Waals surface area contributed by atoms with Crippen LogP contribution >= 0.6 is 0 Å². The predicted octanol–water partition coefficient (Wildman–Crippen LogP) is 0.481. The number of ether oxygens (including phenoxy) is 1. The number of rotatable bonds is 5. The monoisotopic (exact) mass is 214 g/mol. The summed E-state index contributed by atoms with van der Waals surface area (Å²) in [6.07, 6.45) is 1.89. The maximum atomic E-state index is 11.5. The van der Waals surface area contributed by atoms with Crippen molar-refractivity contribution in [3.8, 4) is 0 Å². The third-order valence-electron chi connectivity index (χ3n) is 2.89. The lowest BCUT2D eigenvalue weighted by Gasteiger charge is -2.30. The van der Waals surface area contributed by atoms with Crippen molar-refractivity contribution in [2.24, 2.45) is 5.92 Å². The van der Waals surface area contributed by atoms with Crippen molar-refractivity contribution in [3.05, 3.63) is 0 Å². The van der Waals surface area contributed by atoms with Crippen LogP contribution < -0.4 is 5.32 Å². The number of hydrogen-bond donors (Lipinski definition) is 1. The molecule has 0 radical (unpaired) electrons. The van der Waals surface area contributed by atoms with Crippen molar-refractivity contribution < 1.29 is 9.53 Å². The fourth-order valence-electron chi connectivity index (χ4n) is 1.92. The van der Waals surface area contributed by atoms with Gasteiger partial charge in [-0.25, -0.2) is 0 Å². The topological polar surface area (TPSA) is 41.6 Å². The summed E-state index contributed by atoms with van der Waals surface area (Å²) in [6.45, 7) is 6.49. The SMILES string of the molecule is CCOC(=O)C1CCN(CCNC)CC1. The maximum Gasteiger partial charge on any atom is 0.309 e. The highest BCUT2D eigenvalue weighted by atomic mass is 16.5. The van der Waals surface area contributed by atoms with E-state index >= 15 is 0 Å².